The van der Waals surface area contributed by atoms with E-state index in [0.29, 0.717) is 12.0 Å². The molecule has 2 aliphatic rings. The number of hydrogen-bond donors (Lipinski definition) is 0. The van der Waals surface area contributed by atoms with Gasteiger partial charge in [-0.05, 0) is 42.5 Å². The first kappa shape index (κ1) is 12.4. The molecule has 100 valence electrons. The highest BCUT2D eigenvalue weighted by atomic mass is 19.1. The third-order valence-corrected chi connectivity index (χ3v) is 3.78. The molecule has 0 saturated carbocycles. The number of ether oxygens (including phenoxy) is 2. The van der Waals surface area contributed by atoms with Crippen LogP contribution in [0.25, 0.3) is 5.57 Å². The molecule has 1 saturated heterocycles. The average molecular weight is 262 g/mol. The lowest BCUT2D eigenvalue weighted by Crippen LogP contribution is -2.26. The Labute approximate surface area is 111 Å². The van der Waals surface area contributed by atoms with Crippen LogP contribution in [0.1, 0.15) is 24.8 Å². The summed E-state index contributed by atoms with van der Waals surface area (Å²) in [5, 5.41) is 0. The molecule has 3 rings (SSSR count). The summed E-state index contributed by atoms with van der Waals surface area (Å²) in [4.78, 5) is 12.0. The smallest absolute Gasteiger partial charge is 0.336 e. The molecule has 2 heterocycles. The number of benzene rings is 1. The van der Waals surface area contributed by atoms with Crippen LogP contribution >= 0.6 is 0 Å². The van der Waals surface area contributed by atoms with Gasteiger partial charge in [0.2, 0.25) is 0 Å². The van der Waals surface area contributed by atoms with Crippen LogP contribution in [0.5, 0.6) is 0 Å². The van der Waals surface area contributed by atoms with E-state index in [1.807, 2.05) is 0 Å². The van der Waals surface area contributed by atoms with Crippen molar-refractivity contribution in [2.75, 3.05) is 7.11 Å². The molecular formula is C15H15FO3. The fourth-order valence-electron chi connectivity index (χ4n) is 2.89. The van der Waals surface area contributed by atoms with E-state index in [1.165, 1.54) is 19.2 Å². The van der Waals surface area contributed by atoms with Crippen molar-refractivity contribution in [1.82, 2.24) is 0 Å². The minimum atomic E-state index is -0.343. The van der Waals surface area contributed by atoms with Gasteiger partial charge in [0.1, 0.15) is 5.82 Å². The minimum absolute atomic E-state index is 0.165. The molecule has 0 amide bonds. The van der Waals surface area contributed by atoms with Crippen LogP contribution in [-0.4, -0.2) is 25.3 Å². The Balaban J connectivity index is 2.07. The second-order valence-corrected chi connectivity index (χ2v) is 4.92. The number of carbonyl (C=O) groups is 1. The number of methoxy groups -OCH3 is 1. The first-order chi connectivity index (χ1) is 9.19. The largest absolute Gasteiger partial charge is 0.466 e. The summed E-state index contributed by atoms with van der Waals surface area (Å²) in [6.45, 7) is 0. The van der Waals surface area contributed by atoms with Gasteiger partial charge in [-0.3, -0.25) is 0 Å². The number of fused-ring (bicyclic) bond motifs is 2. The first-order valence-corrected chi connectivity index (χ1v) is 6.42. The zero-order valence-corrected chi connectivity index (χ0v) is 10.7. The Hall–Kier alpha value is -1.68. The van der Waals surface area contributed by atoms with Crippen molar-refractivity contribution in [3.05, 3.63) is 41.2 Å². The van der Waals surface area contributed by atoms with Crippen molar-refractivity contribution in [3.8, 4) is 0 Å². The van der Waals surface area contributed by atoms with Crippen molar-refractivity contribution in [3.63, 3.8) is 0 Å². The molecule has 2 atom stereocenters. The fraction of sp³-hybridized carbons (Fsp3) is 0.400. The van der Waals surface area contributed by atoms with Crippen molar-refractivity contribution in [2.24, 2.45) is 0 Å². The van der Waals surface area contributed by atoms with E-state index in [0.717, 1.165) is 24.0 Å². The molecule has 3 nitrogen and oxygen atoms in total. The molecule has 2 unspecified atom stereocenters. The Morgan fingerprint density at radius 2 is 2.05 bits per heavy atom. The summed E-state index contributed by atoms with van der Waals surface area (Å²) in [6.07, 6.45) is 2.48. The van der Waals surface area contributed by atoms with Gasteiger partial charge in [-0.15, -0.1) is 0 Å². The van der Waals surface area contributed by atoms with Crippen LogP contribution in [0.15, 0.2) is 29.8 Å². The van der Waals surface area contributed by atoms with Gasteiger partial charge in [-0.1, -0.05) is 12.1 Å². The maximum absolute atomic E-state index is 13.0. The standard InChI is InChI=1S/C15H15FO3/c1-18-15(17)14-12(8-11-6-7-13(14)19-11)9-2-4-10(16)5-3-9/h2-5,11,13H,6-8H2,1H3. The van der Waals surface area contributed by atoms with Gasteiger partial charge >= 0.3 is 5.97 Å². The van der Waals surface area contributed by atoms with Crippen LogP contribution in [0, 0.1) is 5.82 Å². The van der Waals surface area contributed by atoms with Crippen molar-refractivity contribution in [1.29, 1.82) is 0 Å². The summed E-state index contributed by atoms with van der Waals surface area (Å²) in [7, 11) is 1.37. The zero-order chi connectivity index (χ0) is 13.4. The molecule has 19 heavy (non-hydrogen) atoms. The summed E-state index contributed by atoms with van der Waals surface area (Å²) in [5.74, 6) is -0.622. The number of esters is 1. The molecule has 0 spiro atoms. The van der Waals surface area contributed by atoms with Gasteiger partial charge < -0.3 is 9.47 Å². The minimum Gasteiger partial charge on any atom is -0.466 e. The van der Waals surface area contributed by atoms with Gasteiger partial charge in [0.25, 0.3) is 0 Å². The van der Waals surface area contributed by atoms with Crippen molar-refractivity contribution < 1.29 is 18.7 Å². The second kappa shape index (κ2) is 4.78. The molecule has 1 fully saturated rings. The topological polar surface area (TPSA) is 35.5 Å². The van der Waals surface area contributed by atoms with Gasteiger partial charge in [-0.2, -0.15) is 0 Å². The van der Waals surface area contributed by atoms with E-state index in [1.54, 1.807) is 12.1 Å². The Morgan fingerprint density at radius 1 is 1.32 bits per heavy atom. The number of carbonyl (C=O) groups excluding carboxylic acids is 1. The average Bonchev–Trinajstić information content (AvgIpc) is 2.80. The summed E-state index contributed by atoms with van der Waals surface area (Å²) >= 11 is 0. The number of hydrogen-bond acceptors (Lipinski definition) is 3. The molecule has 0 radical (unpaired) electrons. The summed E-state index contributed by atoms with van der Waals surface area (Å²) in [5.41, 5.74) is 2.41. The number of rotatable bonds is 2. The van der Waals surface area contributed by atoms with Gasteiger partial charge in [0.05, 0.1) is 24.9 Å². The van der Waals surface area contributed by atoms with Crippen LogP contribution in [-0.2, 0) is 14.3 Å². The van der Waals surface area contributed by atoms with Gasteiger partial charge in [-0.25, -0.2) is 9.18 Å². The Kier molecular flexibility index (Phi) is 3.11. The van der Waals surface area contributed by atoms with E-state index in [-0.39, 0.29) is 24.0 Å². The van der Waals surface area contributed by atoms with E-state index >= 15 is 0 Å². The SMILES string of the molecule is COC(=O)C1=C(c2ccc(F)cc2)CC2CCC1O2. The number of halogens is 1. The Bertz CT molecular complexity index is 533. The molecule has 1 aromatic carbocycles. The molecule has 0 N–H and O–H groups in total. The van der Waals surface area contributed by atoms with Gasteiger partial charge in [0.15, 0.2) is 0 Å². The quantitative estimate of drug-likeness (QED) is 0.769. The van der Waals surface area contributed by atoms with Gasteiger partial charge in [0, 0.05) is 0 Å². The summed E-state index contributed by atoms with van der Waals surface area (Å²) < 4.78 is 23.6. The lowest BCUT2D eigenvalue weighted by Gasteiger charge is -2.26. The second-order valence-electron chi connectivity index (χ2n) is 4.92. The predicted octanol–water partition coefficient (Wildman–Crippen LogP) is 2.70. The molecule has 0 aromatic heterocycles. The van der Waals surface area contributed by atoms with Crippen LogP contribution < -0.4 is 0 Å². The lowest BCUT2D eigenvalue weighted by molar-refractivity contribution is -0.137. The maximum atomic E-state index is 13.0. The lowest BCUT2D eigenvalue weighted by atomic mass is 9.92. The van der Waals surface area contributed by atoms with Crippen molar-refractivity contribution in [2.45, 2.75) is 31.5 Å². The van der Waals surface area contributed by atoms with Crippen molar-refractivity contribution >= 4 is 11.5 Å². The van der Waals surface area contributed by atoms with Crippen LogP contribution in [0.2, 0.25) is 0 Å². The van der Waals surface area contributed by atoms with E-state index in [9.17, 15) is 9.18 Å². The first-order valence-electron chi connectivity index (χ1n) is 6.42. The maximum Gasteiger partial charge on any atom is 0.336 e. The molecular weight excluding hydrogens is 247 g/mol. The third-order valence-electron chi connectivity index (χ3n) is 3.78. The highest BCUT2D eigenvalue weighted by molar-refractivity contribution is 5.99. The molecule has 1 aromatic rings. The molecule has 0 aliphatic carbocycles. The van der Waals surface area contributed by atoms with E-state index in [4.69, 9.17) is 9.47 Å². The summed E-state index contributed by atoms with van der Waals surface area (Å²) in [6, 6.07) is 6.24. The van der Waals surface area contributed by atoms with E-state index < -0.39 is 0 Å². The fourth-order valence-corrected chi connectivity index (χ4v) is 2.89. The van der Waals surface area contributed by atoms with Crippen LogP contribution in [0.4, 0.5) is 4.39 Å². The normalized spacial score (nSPS) is 25.6. The molecule has 2 aliphatic heterocycles. The monoisotopic (exact) mass is 262 g/mol. The highest BCUT2D eigenvalue weighted by Crippen LogP contribution is 2.41. The highest BCUT2D eigenvalue weighted by Gasteiger charge is 2.39. The predicted molar refractivity (Wildman–Crippen MR) is 67.8 cm³/mol. The Morgan fingerprint density at radius 3 is 2.74 bits per heavy atom. The molecule has 4 heteroatoms. The van der Waals surface area contributed by atoms with Crippen LogP contribution in [0.3, 0.4) is 0 Å². The van der Waals surface area contributed by atoms with E-state index in [2.05, 4.69) is 0 Å². The zero-order valence-electron chi connectivity index (χ0n) is 10.7. The molecule has 2 bridgehead atoms. The third kappa shape index (κ3) is 2.16.